The number of hydrogen-bond acceptors (Lipinski definition) is 3. The van der Waals surface area contributed by atoms with E-state index >= 15 is 0 Å². The molecule has 2 atom stereocenters. The van der Waals surface area contributed by atoms with E-state index < -0.39 is 0 Å². The zero-order valence-electron chi connectivity index (χ0n) is 9.05. The van der Waals surface area contributed by atoms with E-state index in [4.69, 9.17) is 5.73 Å². The fraction of sp³-hybridized carbons (Fsp3) is 0.455. The largest absolute Gasteiger partial charge is 0.369 e. The monoisotopic (exact) mass is 238 g/mol. The normalized spacial score (nSPS) is 25.8. The first kappa shape index (κ1) is 11.1. The van der Waals surface area contributed by atoms with Crippen molar-refractivity contribution in [3.63, 3.8) is 0 Å². The molecule has 0 aromatic carbocycles. The van der Waals surface area contributed by atoms with Gasteiger partial charge in [-0.15, -0.1) is 11.3 Å². The van der Waals surface area contributed by atoms with E-state index in [1.807, 2.05) is 17.5 Å². The summed E-state index contributed by atoms with van der Waals surface area (Å²) in [5, 5.41) is 1.94. The maximum atomic E-state index is 11.6. The molecular weight excluding hydrogens is 224 g/mol. The Labute approximate surface area is 98.0 Å². The summed E-state index contributed by atoms with van der Waals surface area (Å²) in [5.41, 5.74) is 5.40. The molecule has 0 spiro atoms. The van der Waals surface area contributed by atoms with Crippen LogP contribution in [0, 0.1) is 5.92 Å². The molecule has 0 aliphatic carbocycles. The molecule has 1 aromatic rings. The van der Waals surface area contributed by atoms with E-state index in [0.717, 1.165) is 4.88 Å². The fourth-order valence-corrected chi connectivity index (χ4v) is 3.12. The number of nitrogens with two attached hydrogens (primary N) is 1. The molecule has 0 unspecified atom stereocenters. The Morgan fingerprint density at radius 3 is 2.94 bits per heavy atom. The van der Waals surface area contributed by atoms with Crippen molar-refractivity contribution < 1.29 is 9.59 Å². The molecule has 0 saturated carbocycles. The topological polar surface area (TPSA) is 63.4 Å². The Bertz CT molecular complexity index is 402. The lowest BCUT2D eigenvalue weighted by atomic mass is 9.87. The van der Waals surface area contributed by atoms with Crippen molar-refractivity contribution in [1.82, 2.24) is 4.90 Å². The minimum Gasteiger partial charge on any atom is -0.369 e. The number of carbonyl (C=O) groups excluding carboxylic acids is 2. The standard InChI is InChI=1S/C11H14N2O2S/c1-13-9(14)5-4-7(11(12)15)10(13)8-3-2-6-16-8/h2-3,6-7,10H,4-5H2,1H3,(H2,12,15)/t7-,10+/m0/s1. The van der Waals surface area contributed by atoms with Gasteiger partial charge < -0.3 is 10.6 Å². The van der Waals surface area contributed by atoms with Crippen LogP contribution in [0.4, 0.5) is 0 Å². The van der Waals surface area contributed by atoms with Crippen molar-refractivity contribution >= 4 is 23.2 Å². The van der Waals surface area contributed by atoms with Crippen LogP contribution in [0.2, 0.25) is 0 Å². The number of amides is 2. The van der Waals surface area contributed by atoms with Crippen molar-refractivity contribution in [1.29, 1.82) is 0 Å². The van der Waals surface area contributed by atoms with E-state index in [1.165, 1.54) is 0 Å². The molecule has 2 rings (SSSR count). The number of carbonyl (C=O) groups is 2. The third kappa shape index (κ3) is 1.82. The predicted octanol–water partition coefficient (Wildman–Crippen LogP) is 1.14. The smallest absolute Gasteiger partial charge is 0.223 e. The van der Waals surface area contributed by atoms with Crippen molar-refractivity contribution in [2.45, 2.75) is 18.9 Å². The predicted molar refractivity (Wildman–Crippen MR) is 61.7 cm³/mol. The SMILES string of the molecule is CN1C(=O)CC[C@H](C(N)=O)[C@@H]1c1cccs1. The molecule has 16 heavy (non-hydrogen) atoms. The van der Waals surface area contributed by atoms with Crippen LogP contribution in [0.25, 0.3) is 0 Å². The van der Waals surface area contributed by atoms with Gasteiger partial charge in [0.1, 0.15) is 0 Å². The van der Waals surface area contributed by atoms with Gasteiger partial charge >= 0.3 is 0 Å². The van der Waals surface area contributed by atoms with Gasteiger partial charge in [-0.25, -0.2) is 0 Å². The highest BCUT2D eigenvalue weighted by Gasteiger charge is 2.38. The number of nitrogens with zero attached hydrogens (tertiary/aromatic N) is 1. The Kier molecular flexibility index (Phi) is 2.96. The molecule has 1 aliphatic rings. The highest BCUT2D eigenvalue weighted by atomic mass is 32.1. The molecule has 2 heterocycles. The van der Waals surface area contributed by atoms with Crippen LogP contribution in [0.1, 0.15) is 23.8 Å². The van der Waals surface area contributed by atoms with Gasteiger partial charge in [-0.05, 0) is 17.9 Å². The van der Waals surface area contributed by atoms with Crippen LogP contribution >= 0.6 is 11.3 Å². The Morgan fingerprint density at radius 1 is 1.62 bits per heavy atom. The molecule has 1 aromatic heterocycles. The third-order valence-corrected chi connectivity index (χ3v) is 4.00. The van der Waals surface area contributed by atoms with Crippen LogP contribution < -0.4 is 5.73 Å². The van der Waals surface area contributed by atoms with E-state index in [1.54, 1.807) is 23.3 Å². The average Bonchev–Trinajstić information content (AvgIpc) is 2.74. The third-order valence-electron chi connectivity index (χ3n) is 3.06. The number of hydrogen-bond donors (Lipinski definition) is 1. The molecule has 2 amide bonds. The zero-order valence-corrected chi connectivity index (χ0v) is 9.87. The number of piperidine rings is 1. The number of primary amides is 1. The van der Waals surface area contributed by atoms with Gasteiger partial charge in [0.2, 0.25) is 11.8 Å². The lowest BCUT2D eigenvalue weighted by Gasteiger charge is -2.36. The number of rotatable bonds is 2. The van der Waals surface area contributed by atoms with Gasteiger partial charge in [0, 0.05) is 18.3 Å². The Morgan fingerprint density at radius 2 is 2.38 bits per heavy atom. The Hall–Kier alpha value is -1.36. The van der Waals surface area contributed by atoms with E-state index in [9.17, 15) is 9.59 Å². The summed E-state index contributed by atoms with van der Waals surface area (Å²) in [4.78, 5) is 25.7. The quantitative estimate of drug-likeness (QED) is 0.839. The second-order valence-corrected chi connectivity index (χ2v) is 4.99. The summed E-state index contributed by atoms with van der Waals surface area (Å²) < 4.78 is 0. The molecule has 1 saturated heterocycles. The van der Waals surface area contributed by atoms with Gasteiger partial charge in [0.25, 0.3) is 0 Å². The van der Waals surface area contributed by atoms with Crippen LogP contribution in [0.15, 0.2) is 17.5 Å². The maximum absolute atomic E-state index is 11.6. The Balaban J connectivity index is 2.34. The number of likely N-dealkylation sites (tertiary alicyclic amines) is 1. The molecular formula is C11H14N2O2S. The van der Waals surface area contributed by atoms with Crippen molar-refractivity contribution in [3.8, 4) is 0 Å². The molecule has 1 fully saturated rings. The first-order valence-corrected chi connectivity index (χ1v) is 6.07. The minimum absolute atomic E-state index is 0.0795. The average molecular weight is 238 g/mol. The lowest BCUT2D eigenvalue weighted by molar-refractivity contribution is -0.140. The number of thiophene rings is 1. The summed E-state index contributed by atoms with van der Waals surface area (Å²) in [7, 11) is 1.74. The molecule has 0 bridgehead atoms. The second-order valence-electron chi connectivity index (χ2n) is 4.01. The van der Waals surface area contributed by atoms with E-state index in [-0.39, 0.29) is 23.8 Å². The van der Waals surface area contributed by atoms with E-state index in [2.05, 4.69) is 0 Å². The van der Waals surface area contributed by atoms with Crippen LogP contribution in [-0.4, -0.2) is 23.8 Å². The van der Waals surface area contributed by atoms with Crippen molar-refractivity contribution in [2.75, 3.05) is 7.05 Å². The first-order valence-electron chi connectivity index (χ1n) is 5.19. The summed E-state index contributed by atoms with van der Waals surface area (Å²) in [6, 6.07) is 3.68. The van der Waals surface area contributed by atoms with Gasteiger partial charge in [-0.2, -0.15) is 0 Å². The first-order chi connectivity index (χ1) is 7.61. The second kappa shape index (κ2) is 4.25. The molecule has 4 nitrogen and oxygen atoms in total. The highest BCUT2D eigenvalue weighted by molar-refractivity contribution is 7.10. The summed E-state index contributed by atoms with van der Waals surface area (Å²) >= 11 is 1.55. The molecule has 2 N–H and O–H groups in total. The highest BCUT2D eigenvalue weighted by Crippen LogP contribution is 2.37. The van der Waals surface area contributed by atoms with E-state index in [0.29, 0.717) is 12.8 Å². The molecule has 0 radical (unpaired) electrons. The minimum atomic E-state index is -0.322. The van der Waals surface area contributed by atoms with Gasteiger partial charge in [-0.1, -0.05) is 6.07 Å². The molecule has 1 aliphatic heterocycles. The van der Waals surface area contributed by atoms with Crippen LogP contribution in [-0.2, 0) is 9.59 Å². The van der Waals surface area contributed by atoms with Crippen molar-refractivity contribution in [2.24, 2.45) is 11.7 Å². The summed E-state index contributed by atoms with van der Waals surface area (Å²) in [5.74, 6) is -0.505. The summed E-state index contributed by atoms with van der Waals surface area (Å²) in [6.07, 6.45) is 0.965. The van der Waals surface area contributed by atoms with Gasteiger partial charge in [0.05, 0.1) is 12.0 Å². The summed E-state index contributed by atoms with van der Waals surface area (Å²) in [6.45, 7) is 0. The van der Waals surface area contributed by atoms with Crippen LogP contribution in [0.5, 0.6) is 0 Å². The van der Waals surface area contributed by atoms with Crippen LogP contribution in [0.3, 0.4) is 0 Å². The molecule has 5 heteroatoms. The fourth-order valence-electron chi connectivity index (χ4n) is 2.18. The lowest BCUT2D eigenvalue weighted by Crippen LogP contribution is -2.44. The van der Waals surface area contributed by atoms with Gasteiger partial charge in [-0.3, -0.25) is 9.59 Å². The van der Waals surface area contributed by atoms with Crippen molar-refractivity contribution in [3.05, 3.63) is 22.4 Å². The van der Waals surface area contributed by atoms with Gasteiger partial charge in [0.15, 0.2) is 0 Å². The molecule has 86 valence electrons. The zero-order chi connectivity index (χ0) is 11.7. The maximum Gasteiger partial charge on any atom is 0.223 e.